The Balaban J connectivity index is 1.03. The molecule has 5 fully saturated rings. The van der Waals surface area contributed by atoms with Crippen LogP contribution in [0.2, 0.25) is 0 Å². The zero-order valence-electron chi connectivity index (χ0n) is 23.5. The van der Waals surface area contributed by atoms with E-state index < -0.39 is 0 Å². The number of fused-ring (bicyclic) bond motifs is 4. The van der Waals surface area contributed by atoms with Crippen molar-refractivity contribution in [1.82, 2.24) is 30.6 Å². The summed E-state index contributed by atoms with van der Waals surface area (Å²) in [7, 11) is 0. The van der Waals surface area contributed by atoms with Crippen molar-refractivity contribution < 1.29 is 0 Å². The van der Waals surface area contributed by atoms with Crippen molar-refractivity contribution in [2.24, 2.45) is 11.8 Å². The summed E-state index contributed by atoms with van der Waals surface area (Å²) >= 11 is 0. The van der Waals surface area contributed by atoms with Gasteiger partial charge in [0.15, 0.2) is 0 Å². The number of nitrogens with one attached hydrogen (secondary N) is 4. The van der Waals surface area contributed by atoms with Gasteiger partial charge in [0.25, 0.3) is 0 Å². The molecule has 5 atom stereocenters. The number of hydrogen-bond acceptors (Lipinski definition) is 4. The molecule has 0 spiro atoms. The molecule has 1 saturated heterocycles. The van der Waals surface area contributed by atoms with Crippen molar-refractivity contribution in [3.63, 3.8) is 0 Å². The predicted molar refractivity (Wildman–Crippen MR) is 152 cm³/mol. The van der Waals surface area contributed by atoms with Crippen LogP contribution in [0.15, 0.2) is 36.7 Å². The highest BCUT2D eigenvalue weighted by molar-refractivity contribution is 5.59. The average Bonchev–Trinajstić information content (AvgIpc) is 3.51. The Bertz CT molecular complexity index is 1250. The molecule has 5 aliphatic rings. The molecule has 4 aliphatic carbocycles. The second-order valence-corrected chi connectivity index (χ2v) is 13.3. The fourth-order valence-electron chi connectivity index (χ4n) is 8.21. The number of piperidine rings is 1. The summed E-state index contributed by atoms with van der Waals surface area (Å²) in [5, 5.41) is 7.42. The van der Waals surface area contributed by atoms with Crippen molar-refractivity contribution in [2.45, 2.75) is 114 Å². The zero-order chi connectivity index (χ0) is 26.1. The molecule has 0 radical (unpaired) electrons. The molecule has 0 amide bonds. The van der Waals surface area contributed by atoms with Crippen LogP contribution in [0.5, 0.6) is 0 Å². The fourth-order valence-corrected chi connectivity index (χ4v) is 8.21. The van der Waals surface area contributed by atoms with Crippen LogP contribution in [0.4, 0.5) is 0 Å². The Kier molecular flexibility index (Phi) is 5.86. The maximum absolute atomic E-state index is 4.88. The number of hydrogen-bond donors (Lipinski definition) is 4. The van der Waals surface area contributed by atoms with Crippen LogP contribution >= 0.6 is 0 Å². The minimum Gasteiger partial charge on any atom is -0.344 e. The van der Waals surface area contributed by atoms with Crippen molar-refractivity contribution >= 4 is 0 Å². The lowest BCUT2D eigenvalue weighted by atomic mass is 9.51. The van der Waals surface area contributed by atoms with Gasteiger partial charge in [-0.05, 0) is 79.7 Å². The van der Waals surface area contributed by atoms with E-state index in [2.05, 4.69) is 78.8 Å². The lowest BCUT2D eigenvalue weighted by molar-refractivity contribution is 0.0989. The number of imidazole rings is 2. The highest BCUT2D eigenvalue weighted by Crippen LogP contribution is 2.58. The van der Waals surface area contributed by atoms with Crippen LogP contribution < -0.4 is 10.6 Å². The molecule has 6 heteroatoms. The second kappa shape index (κ2) is 9.06. The van der Waals surface area contributed by atoms with Gasteiger partial charge in [-0.2, -0.15) is 0 Å². The average molecular weight is 513 g/mol. The van der Waals surface area contributed by atoms with Gasteiger partial charge >= 0.3 is 0 Å². The van der Waals surface area contributed by atoms with Gasteiger partial charge in [-0.15, -0.1) is 0 Å². The second-order valence-electron chi connectivity index (χ2n) is 13.3. The summed E-state index contributed by atoms with van der Waals surface area (Å²) in [6.07, 6.45) is 14.1. The van der Waals surface area contributed by atoms with E-state index in [1.54, 1.807) is 0 Å². The predicted octanol–water partition coefficient (Wildman–Crippen LogP) is 6.46. The fraction of sp³-hybridized carbons (Fsp3) is 0.625. The molecule has 1 aliphatic heterocycles. The summed E-state index contributed by atoms with van der Waals surface area (Å²) in [5.74, 6) is 3.94. The quantitative estimate of drug-likeness (QED) is 0.279. The number of aromatic nitrogens is 4. The van der Waals surface area contributed by atoms with Crippen molar-refractivity contribution in [3.8, 4) is 11.3 Å². The molecule has 4 N–H and O–H groups in total. The van der Waals surface area contributed by atoms with Crippen LogP contribution in [0.1, 0.15) is 114 Å². The standard InChI is InChI=1S/C32H44N6/c1-5-24(35-19(2)3)29-33-17-26(37-29)21-6-8-22(9-7-21)31-10-13-32(14-11-31,15-12-31)27-18-34-30(38-27)25-16-23-20(4)28(23)36-25/h6-9,17-20,23-25,28,35-36H,5,10-16H2,1-4H3,(H,33,37)(H,34,38)/t20?,23-,24-,25-,28?,31?,32?/m0/s1. The molecule has 6 nitrogen and oxygen atoms in total. The van der Waals surface area contributed by atoms with Gasteiger partial charge in [0, 0.05) is 29.4 Å². The number of nitrogens with zero attached hydrogens (tertiary/aromatic N) is 2. The molecular weight excluding hydrogens is 468 g/mol. The first kappa shape index (κ1) is 24.6. The van der Waals surface area contributed by atoms with Crippen LogP contribution in [0, 0.1) is 11.8 Å². The Labute approximate surface area is 227 Å². The number of rotatable bonds is 8. The number of aromatic amines is 2. The van der Waals surface area contributed by atoms with E-state index in [9.17, 15) is 0 Å². The van der Waals surface area contributed by atoms with Crippen molar-refractivity contribution in [2.75, 3.05) is 0 Å². The first-order chi connectivity index (χ1) is 18.4. The molecule has 4 saturated carbocycles. The molecule has 2 unspecified atom stereocenters. The Hall–Kier alpha value is -2.44. The van der Waals surface area contributed by atoms with Gasteiger partial charge in [-0.25, -0.2) is 9.97 Å². The van der Waals surface area contributed by atoms with Gasteiger partial charge in [0.2, 0.25) is 0 Å². The summed E-state index contributed by atoms with van der Waals surface area (Å²) < 4.78 is 0. The molecule has 8 rings (SSSR count). The molecule has 202 valence electrons. The Morgan fingerprint density at radius 3 is 2.29 bits per heavy atom. The van der Waals surface area contributed by atoms with Crippen molar-refractivity contribution in [1.29, 1.82) is 0 Å². The summed E-state index contributed by atoms with van der Waals surface area (Å²) in [4.78, 5) is 17.0. The molecule has 1 aromatic carbocycles. The van der Waals surface area contributed by atoms with E-state index in [0.717, 1.165) is 35.8 Å². The van der Waals surface area contributed by atoms with Crippen molar-refractivity contribution in [3.05, 3.63) is 59.6 Å². The third-order valence-corrected chi connectivity index (χ3v) is 10.9. The number of H-pyrrole nitrogens is 2. The van der Waals surface area contributed by atoms with Gasteiger partial charge in [-0.1, -0.05) is 52.0 Å². The largest absolute Gasteiger partial charge is 0.344 e. The van der Waals surface area contributed by atoms with E-state index in [1.165, 1.54) is 67.6 Å². The monoisotopic (exact) mass is 512 g/mol. The van der Waals surface area contributed by atoms with E-state index in [-0.39, 0.29) is 6.04 Å². The van der Waals surface area contributed by atoms with Gasteiger partial charge in [-0.3, -0.25) is 0 Å². The first-order valence-corrected chi connectivity index (χ1v) is 15.1. The van der Waals surface area contributed by atoms with E-state index in [0.29, 0.717) is 22.9 Å². The third-order valence-electron chi connectivity index (χ3n) is 10.9. The van der Waals surface area contributed by atoms with Gasteiger partial charge < -0.3 is 20.6 Å². The normalized spacial score (nSPS) is 34.6. The molecule has 2 aromatic heterocycles. The zero-order valence-corrected chi connectivity index (χ0v) is 23.5. The SMILES string of the molecule is CC[C@H](NC(C)C)c1ncc(-c2ccc(C34CCC(c5cnc([C@@H]6C[C@H]7C(C)C7N6)[nH]5)(CC3)CC4)cc2)[nH]1. The molecule has 3 heterocycles. The van der Waals surface area contributed by atoms with E-state index in [1.807, 2.05) is 6.20 Å². The van der Waals surface area contributed by atoms with Gasteiger partial charge in [0.1, 0.15) is 11.6 Å². The third kappa shape index (κ3) is 3.98. The molecule has 38 heavy (non-hydrogen) atoms. The summed E-state index contributed by atoms with van der Waals surface area (Å²) in [6, 6.07) is 11.3. The lowest BCUT2D eigenvalue weighted by Crippen LogP contribution is -2.46. The minimum atomic E-state index is 0.265. The first-order valence-electron chi connectivity index (χ1n) is 15.1. The van der Waals surface area contributed by atoms with E-state index in [4.69, 9.17) is 9.97 Å². The Morgan fingerprint density at radius 1 is 0.947 bits per heavy atom. The number of benzene rings is 1. The minimum absolute atomic E-state index is 0.265. The smallest absolute Gasteiger partial charge is 0.123 e. The maximum atomic E-state index is 4.88. The van der Waals surface area contributed by atoms with Crippen LogP contribution in [-0.2, 0) is 10.8 Å². The van der Waals surface area contributed by atoms with Gasteiger partial charge in [0.05, 0.1) is 24.0 Å². The molecule has 3 aromatic rings. The Morgan fingerprint density at radius 2 is 1.66 bits per heavy atom. The van der Waals surface area contributed by atoms with Crippen LogP contribution in [0.3, 0.4) is 0 Å². The van der Waals surface area contributed by atoms with Crippen LogP contribution in [-0.4, -0.2) is 32.0 Å². The van der Waals surface area contributed by atoms with Crippen LogP contribution in [0.25, 0.3) is 11.3 Å². The topological polar surface area (TPSA) is 81.4 Å². The molecule has 2 bridgehead atoms. The van der Waals surface area contributed by atoms with E-state index >= 15 is 0 Å². The summed E-state index contributed by atoms with van der Waals surface area (Å²) in [6.45, 7) is 8.96. The molecular formula is C32H44N6. The lowest BCUT2D eigenvalue weighted by Gasteiger charge is -2.53. The summed E-state index contributed by atoms with van der Waals surface area (Å²) in [5.41, 5.74) is 5.89. The highest BCUT2D eigenvalue weighted by atomic mass is 15.1. The highest BCUT2D eigenvalue weighted by Gasteiger charge is 2.54. The maximum Gasteiger partial charge on any atom is 0.123 e.